The number of nitrogens with zero attached hydrogens (tertiary/aromatic N) is 2. The van der Waals surface area contributed by atoms with Crippen LogP contribution < -0.4 is 0 Å². The number of halogens is 1. The van der Waals surface area contributed by atoms with E-state index in [1.54, 1.807) is 4.90 Å². The Balaban J connectivity index is 1.42. The van der Waals surface area contributed by atoms with E-state index in [0.29, 0.717) is 13.1 Å². The van der Waals surface area contributed by atoms with E-state index >= 15 is 0 Å². The summed E-state index contributed by atoms with van der Waals surface area (Å²) in [5.74, 6) is -2.03. The minimum absolute atomic E-state index is 0.0370. The normalized spacial score (nSPS) is 15.9. The van der Waals surface area contributed by atoms with Gasteiger partial charge in [-0.3, -0.25) is 19.3 Å². The van der Waals surface area contributed by atoms with Crippen LogP contribution in [0.1, 0.15) is 38.3 Å². The van der Waals surface area contributed by atoms with Crippen LogP contribution in [0.2, 0.25) is 0 Å². The van der Waals surface area contributed by atoms with Gasteiger partial charge < -0.3 is 4.90 Å². The first-order valence-corrected chi connectivity index (χ1v) is 8.55. The number of rotatable bonds is 3. The molecule has 5 nitrogen and oxygen atoms in total. The molecule has 0 unspecified atom stereocenters. The van der Waals surface area contributed by atoms with E-state index in [1.807, 2.05) is 18.2 Å². The minimum atomic E-state index is -0.706. The molecule has 0 fully saturated rings. The highest BCUT2D eigenvalue weighted by molar-refractivity contribution is 6.21. The maximum atomic E-state index is 13.8. The first-order valence-electron chi connectivity index (χ1n) is 8.55. The largest absolute Gasteiger partial charge is 0.338 e. The van der Waals surface area contributed by atoms with Gasteiger partial charge in [-0.05, 0) is 29.7 Å². The van der Waals surface area contributed by atoms with Crippen LogP contribution in [0, 0.1) is 5.82 Å². The number of hydrogen-bond acceptors (Lipinski definition) is 3. The van der Waals surface area contributed by atoms with Gasteiger partial charge >= 0.3 is 0 Å². The predicted octanol–water partition coefficient (Wildman–Crippen LogP) is 2.40. The SMILES string of the molecule is O=C(CCN1C(=O)c2cccc(F)c2C1=O)N1CCc2ccccc2C1. The molecule has 2 aromatic carbocycles. The third kappa shape index (κ3) is 2.67. The number of amides is 3. The summed E-state index contributed by atoms with van der Waals surface area (Å²) in [5, 5.41) is 0. The molecule has 0 atom stereocenters. The Bertz CT molecular complexity index is 925. The van der Waals surface area contributed by atoms with Crippen LogP contribution in [0.15, 0.2) is 42.5 Å². The van der Waals surface area contributed by atoms with Crippen LogP contribution in [-0.2, 0) is 17.8 Å². The van der Waals surface area contributed by atoms with Crippen molar-refractivity contribution in [2.24, 2.45) is 0 Å². The summed E-state index contributed by atoms with van der Waals surface area (Å²) in [5.41, 5.74) is 2.23. The van der Waals surface area contributed by atoms with Gasteiger partial charge in [0, 0.05) is 26.1 Å². The fourth-order valence-corrected chi connectivity index (χ4v) is 3.57. The van der Waals surface area contributed by atoms with E-state index in [2.05, 4.69) is 6.07 Å². The van der Waals surface area contributed by atoms with Gasteiger partial charge in [0.2, 0.25) is 5.91 Å². The Kier molecular flexibility index (Phi) is 4.03. The maximum absolute atomic E-state index is 13.8. The standard InChI is InChI=1S/C20H17FN2O3/c21-16-7-3-6-15-18(16)20(26)23(19(15)25)11-9-17(24)22-10-8-13-4-1-2-5-14(13)12-22/h1-7H,8-12H2. The third-order valence-corrected chi connectivity index (χ3v) is 4.98. The molecule has 0 aromatic heterocycles. The van der Waals surface area contributed by atoms with Gasteiger partial charge in [-0.15, -0.1) is 0 Å². The highest BCUT2D eigenvalue weighted by atomic mass is 19.1. The fourth-order valence-electron chi connectivity index (χ4n) is 3.57. The van der Waals surface area contributed by atoms with Crippen molar-refractivity contribution in [3.8, 4) is 0 Å². The second kappa shape index (κ2) is 6.37. The third-order valence-electron chi connectivity index (χ3n) is 4.98. The summed E-state index contributed by atoms with van der Waals surface area (Å²) in [6.45, 7) is 1.11. The van der Waals surface area contributed by atoms with E-state index in [0.717, 1.165) is 23.0 Å². The predicted molar refractivity (Wildman–Crippen MR) is 91.9 cm³/mol. The number of carbonyl (C=O) groups is 3. The Labute approximate surface area is 150 Å². The summed E-state index contributed by atoms with van der Waals surface area (Å²) >= 11 is 0. The van der Waals surface area contributed by atoms with Gasteiger partial charge in [-0.2, -0.15) is 0 Å². The molecule has 26 heavy (non-hydrogen) atoms. The molecule has 2 aromatic rings. The van der Waals surface area contributed by atoms with Gasteiger partial charge in [0.05, 0.1) is 11.1 Å². The Morgan fingerprint density at radius 2 is 1.77 bits per heavy atom. The quantitative estimate of drug-likeness (QED) is 0.797. The molecule has 0 bridgehead atoms. The van der Waals surface area contributed by atoms with Crippen LogP contribution >= 0.6 is 0 Å². The number of benzene rings is 2. The Morgan fingerprint density at radius 1 is 1.00 bits per heavy atom. The Morgan fingerprint density at radius 3 is 2.54 bits per heavy atom. The van der Waals surface area contributed by atoms with Gasteiger partial charge in [0.1, 0.15) is 5.82 Å². The zero-order chi connectivity index (χ0) is 18.3. The summed E-state index contributed by atoms with van der Waals surface area (Å²) in [6, 6.07) is 12.0. The van der Waals surface area contributed by atoms with Crippen LogP contribution in [0.25, 0.3) is 0 Å². The lowest BCUT2D eigenvalue weighted by molar-refractivity contribution is -0.132. The Hall–Kier alpha value is -3.02. The highest BCUT2D eigenvalue weighted by Gasteiger charge is 2.38. The molecule has 4 rings (SSSR count). The molecule has 0 N–H and O–H groups in total. The van der Waals surface area contributed by atoms with Gasteiger partial charge in [-0.1, -0.05) is 30.3 Å². The van der Waals surface area contributed by atoms with Crippen LogP contribution in [-0.4, -0.2) is 40.6 Å². The molecular weight excluding hydrogens is 335 g/mol. The average molecular weight is 352 g/mol. The van der Waals surface area contributed by atoms with E-state index < -0.39 is 17.6 Å². The molecule has 0 radical (unpaired) electrons. The van der Waals surface area contributed by atoms with E-state index in [1.165, 1.54) is 17.7 Å². The molecule has 0 saturated heterocycles. The monoisotopic (exact) mass is 352 g/mol. The molecule has 2 aliphatic heterocycles. The van der Waals surface area contributed by atoms with E-state index in [9.17, 15) is 18.8 Å². The highest BCUT2D eigenvalue weighted by Crippen LogP contribution is 2.25. The van der Waals surface area contributed by atoms with Crippen molar-refractivity contribution in [3.05, 3.63) is 70.5 Å². The summed E-state index contributed by atoms with van der Waals surface area (Å²) < 4.78 is 13.8. The zero-order valence-electron chi connectivity index (χ0n) is 14.1. The topological polar surface area (TPSA) is 57.7 Å². The zero-order valence-corrected chi connectivity index (χ0v) is 14.1. The molecular formula is C20H17FN2O3. The first kappa shape index (κ1) is 16.4. The number of hydrogen-bond donors (Lipinski definition) is 0. The molecule has 3 amide bonds. The molecule has 0 aliphatic carbocycles. The smallest absolute Gasteiger partial charge is 0.264 e. The van der Waals surface area contributed by atoms with Crippen molar-refractivity contribution in [2.45, 2.75) is 19.4 Å². The van der Waals surface area contributed by atoms with Crippen molar-refractivity contribution in [2.75, 3.05) is 13.1 Å². The van der Waals surface area contributed by atoms with Gasteiger partial charge in [0.25, 0.3) is 11.8 Å². The lowest BCUT2D eigenvalue weighted by Gasteiger charge is -2.29. The van der Waals surface area contributed by atoms with Crippen molar-refractivity contribution in [3.63, 3.8) is 0 Å². The summed E-state index contributed by atoms with van der Waals surface area (Å²) in [7, 11) is 0. The summed E-state index contributed by atoms with van der Waals surface area (Å²) in [6.07, 6.45) is 0.829. The fraction of sp³-hybridized carbons (Fsp3) is 0.250. The maximum Gasteiger partial charge on any atom is 0.264 e. The molecule has 2 heterocycles. The minimum Gasteiger partial charge on any atom is -0.338 e. The van der Waals surface area contributed by atoms with Gasteiger partial charge in [0.15, 0.2) is 0 Å². The van der Waals surface area contributed by atoms with Crippen LogP contribution in [0.4, 0.5) is 4.39 Å². The summed E-state index contributed by atoms with van der Waals surface area (Å²) in [4.78, 5) is 39.9. The van der Waals surface area contributed by atoms with Crippen molar-refractivity contribution in [1.82, 2.24) is 9.80 Å². The second-order valence-electron chi connectivity index (χ2n) is 6.51. The second-order valence-corrected chi connectivity index (χ2v) is 6.51. The lowest BCUT2D eigenvalue weighted by atomic mass is 10.00. The molecule has 132 valence electrons. The average Bonchev–Trinajstić information content (AvgIpc) is 2.91. The van der Waals surface area contributed by atoms with E-state index in [-0.39, 0.29) is 30.0 Å². The first-order chi connectivity index (χ1) is 12.6. The number of imide groups is 1. The number of fused-ring (bicyclic) bond motifs is 2. The van der Waals surface area contributed by atoms with Crippen LogP contribution in [0.5, 0.6) is 0 Å². The molecule has 0 saturated carbocycles. The molecule has 2 aliphatic rings. The van der Waals surface area contributed by atoms with Gasteiger partial charge in [-0.25, -0.2) is 4.39 Å². The van der Waals surface area contributed by atoms with Crippen molar-refractivity contribution in [1.29, 1.82) is 0 Å². The van der Waals surface area contributed by atoms with Crippen LogP contribution in [0.3, 0.4) is 0 Å². The molecule has 0 spiro atoms. The number of carbonyl (C=O) groups excluding carboxylic acids is 3. The van der Waals surface area contributed by atoms with Crippen molar-refractivity contribution >= 4 is 17.7 Å². The van der Waals surface area contributed by atoms with E-state index in [4.69, 9.17) is 0 Å². The lowest BCUT2D eigenvalue weighted by Crippen LogP contribution is -2.39. The van der Waals surface area contributed by atoms with Crippen molar-refractivity contribution < 1.29 is 18.8 Å². The molecule has 6 heteroatoms.